The second kappa shape index (κ2) is 5.77. The lowest BCUT2D eigenvalue weighted by molar-refractivity contribution is -0.147. The van der Waals surface area contributed by atoms with Crippen molar-refractivity contribution in [3.63, 3.8) is 0 Å². The van der Waals surface area contributed by atoms with Gasteiger partial charge in [0.25, 0.3) is 5.13 Å². The Morgan fingerprint density at radius 1 is 1.47 bits per heavy atom. The van der Waals surface area contributed by atoms with E-state index in [-0.39, 0.29) is 4.43 Å². The topological polar surface area (TPSA) is 26.3 Å². The van der Waals surface area contributed by atoms with E-state index in [1.807, 2.05) is 0 Å². The quantitative estimate of drug-likeness (QED) is 0.416. The second-order valence-electron chi connectivity index (χ2n) is 2.79. The van der Waals surface area contributed by atoms with E-state index in [1.54, 1.807) is 22.6 Å². The lowest BCUT2D eigenvalue weighted by atomic mass is 10.2. The number of halogens is 6. The molecule has 2 atom stereocenters. The molecule has 0 spiro atoms. The van der Waals surface area contributed by atoms with Crippen LogP contribution >= 0.6 is 45.8 Å². The zero-order valence-electron chi connectivity index (χ0n) is 7.58. The van der Waals surface area contributed by atoms with Crippen LogP contribution in [0.5, 0.6) is 0 Å². The van der Waals surface area contributed by atoms with Gasteiger partial charge in [-0.2, -0.15) is 8.78 Å². The number of carbonyl (C=O) groups is 1. The van der Waals surface area contributed by atoms with Crippen LogP contribution in [0.1, 0.15) is 13.3 Å². The fourth-order valence-electron chi connectivity index (χ4n) is 0.764. The average Bonchev–Trinajstić information content (AvgIpc) is 1.99. The predicted octanol–water partition coefficient (Wildman–Crippen LogP) is 3.48. The summed E-state index contributed by atoms with van der Waals surface area (Å²) in [6.45, 7) is 1.09. The highest BCUT2D eigenvalue weighted by atomic mass is 127. The summed E-state index contributed by atoms with van der Waals surface area (Å²) in [7, 11) is 0. The van der Waals surface area contributed by atoms with Gasteiger partial charge in [-0.05, 0) is 11.6 Å². The Labute approximate surface area is 109 Å². The molecule has 0 aliphatic heterocycles. The van der Waals surface area contributed by atoms with Crippen molar-refractivity contribution >= 4 is 51.8 Å². The van der Waals surface area contributed by atoms with Gasteiger partial charge in [0, 0.05) is 17.8 Å². The van der Waals surface area contributed by atoms with E-state index in [0.29, 0.717) is 0 Å². The fourth-order valence-corrected chi connectivity index (χ4v) is 1.50. The summed E-state index contributed by atoms with van der Waals surface area (Å²) in [4.78, 5) is 10.5. The maximum Gasteiger partial charge on any atom is 0.369 e. The molecule has 15 heavy (non-hydrogen) atoms. The molecule has 0 N–H and O–H groups in total. The van der Waals surface area contributed by atoms with Crippen molar-refractivity contribution in [3.8, 4) is 0 Å². The lowest BCUT2D eigenvalue weighted by Crippen LogP contribution is -2.39. The Kier molecular flexibility index (Phi) is 5.99. The largest absolute Gasteiger partial charge is 0.462 e. The van der Waals surface area contributed by atoms with Gasteiger partial charge < -0.3 is 4.74 Å². The predicted molar refractivity (Wildman–Crippen MR) is 59.6 cm³/mol. The van der Waals surface area contributed by atoms with Crippen molar-refractivity contribution in [2.75, 3.05) is 4.43 Å². The van der Waals surface area contributed by atoms with Crippen LogP contribution in [0.3, 0.4) is 0 Å². The number of esters is 1. The summed E-state index contributed by atoms with van der Waals surface area (Å²) in [5.41, 5.74) is 0. The van der Waals surface area contributed by atoms with Crippen LogP contribution in [0.25, 0.3) is 0 Å². The fraction of sp³-hybridized carbons (Fsp3) is 0.857. The molecule has 0 aliphatic rings. The molecule has 90 valence electrons. The molecular weight excluding hydrogens is 371 g/mol. The Bertz CT molecular complexity index is 233. The minimum Gasteiger partial charge on any atom is -0.462 e. The molecule has 0 aromatic heterocycles. The van der Waals surface area contributed by atoms with Crippen molar-refractivity contribution in [2.24, 2.45) is 0 Å². The van der Waals surface area contributed by atoms with Crippen molar-refractivity contribution in [1.82, 2.24) is 0 Å². The van der Waals surface area contributed by atoms with Crippen molar-refractivity contribution in [3.05, 3.63) is 0 Å². The Hall–Kier alpha value is 0.570. The molecule has 0 aromatic rings. The number of hydrogen-bond donors (Lipinski definition) is 0. The first-order valence-corrected chi connectivity index (χ1v) is 6.06. The minimum absolute atomic E-state index is 0.142. The van der Waals surface area contributed by atoms with Crippen LogP contribution in [0.4, 0.5) is 13.2 Å². The molecule has 0 fully saturated rings. The molecule has 8 heteroatoms. The van der Waals surface area contributed by atoms with Crippen molar-refractivity contribution in [1.29, 1.82) is 0 Å². The number of alkyl halides is 6. The number of rotatable bonds is 5. The highest BCUT2D eigenvalue weighted by Crippen LogP contribution is 2.43. The molecule has 0 bridgehead atoms. The molecule has 2 nitrogen and oxygen atoms in total. The monoisotopic (exact) mass is 378 g/mol. The summed E-state index contributed by atoms with van der Waals surface area (Å²) in [5.74, 6) is -0.693. The molecular formula is C7H8Cl2F3IO2. The zero-order valence-corrected chi connectivity index (χ0v) is 11.2. The second-order valence-corrected chi connectivity index (χ2v) is 4.75. The van der Waals surface area contributed by atoms with Gasteiger partial charge in [-0.3, -0.25) is 4.79 Å². The van der Waals surface area contributed by atoms with Crippen LogP contribution in [0.2, 0.25) is 0 Å². The summed E-state index contributed by atoms with van der Waals surface area (Å²) in [6, 6.07) is 0. The number of carbonyl (C=O) groups excluding carboxylic acids is 1. The van der Waals surface area contributed by atoms with E-state index in [9.17, 15) is 18.0 Å². The first-order valence-electron chi connectivity index (χ1n) is 3.78. The Morgan fingerprint density at radius 3 is 2.20 bits per heavy atom. The van der Waals surface area contributed by atoms with Gasteiger partial charge in [-0.25, -0.2) is 4.39 Å². The van der Waals surface area contributed by atoms with E-state index in [2.05, 4.69) is 16.3 Å². The smallest absolute Gasteiger partial charge is 0.369 e. The van der Waals surface area contributed by atoms with Gasteiger partial charge in [0.05, 0.1) is 0 Å². The van der Waals surface area contributed by atoms with Crippen molar-refractivity contribution < 1.29 is 22.7 Å². The van der Waals surface area contributed by atoms with Crippen LogP contribution < -0.4 is 0 Å². The van der Waals surface area contributed by atoms with Gasteiger partial charge in [0.15, 0.2) is 0 Å². The van der Waals surface area contributed by atoms with Crippen molar-refractivity contribution in [2.45, 2.75) is 30.0 Å². The molecule has 0 heterocycles. The standard InChI is InChI=1S/C7H8Cl2F3IO2/c1-4(14)15-5(3-13)2-6(8,10)7(9,11)12/h5H,2-3H2,1H3. The molecule has 0 saturated heterocycles. The Balaban J connectivity index is 4.47. The molecule has 0 amide bonds. The van der Waals surface area contributed by atoms with Gasteiger partial charge >= 0.3 is 11.4 Å². The highest BCUT2D eigenvalue weighted by Gasteiger charge is 2.53. The molecule has 0 saturated carbocycles. The van der Waals surface area contributed by atoms with Gasteiger partial charge in [0.1, 0.15) is 6.10 Å². The Morgan fingerprint density at radius 2 is 1.93 bits per heavy atom. The maximum absolute atomic E-state index is 13.2. The van der Waals surface area contributed by atoms with Crippen LogP contribution in [-0.2, 0) is 9.53 Å². The summed E-state index contributed by atoms with van der Waals surface area (Å²) in [5, 5.41) is -7.64. The summed E-state index contributed by atoms with van der Waals surface area (Å²) in [6.07, 6.45) is -1.90. The van der Waals surface area contributed by atoms with E-state index in [0.717, 1.165) is 6.92 Å². The summed E-state index contributed by atoms with van der Waals surface area (Å²) >= 11 is 11.2. The van der Waals surface area contributed by atoms with E-state index >= 15 is 0 Å². The lowest BCUT2D eigenvalue weighted by Gasteiger charge is -2.26. The molecule has 0 rings (SSSR count). The first kappa shape index (κ1) is 15.6. The van der Waals surface area contributed by atoms with E-state index < -0.39 is 29.0 Å². The van der Waals surface area contributed by atoms with Crippen LogP contribution in [0, 0.1) is 0 Å². The van der Waals surface area contributed by atoms with E-state index in [1.165, 1.54) is 0 Å². The third-order valence-corrected chi connectivity index (χ3v) is 3.17. The van der Waals surface area contributed by atoms with Gasteiger partial charge in [-0.15, -0.1) is 0 Å². The third kappa shape index (κ3) is 5.44. The van der Waals surface area contributed by atoms with E-state index in [4.69, 9.17) is 11.6 Å². The van der Waals surface area contributed by atoms with Gasteiger partial charge in [-0.1, -0.05) is 34.2 Å². The first-order chi connectivity index (χ1) is 6.60. The van der Waals surface area contributed by atoms with Crippen LogP contribution in [0.15, 0.2) is 0 Å². The third-order valence-electron chi connectivity index (χ3n) is 1.40. The molecule has 0 aromatic carbocycles. The van der Waals surface area contributed by atoms with Gasteiger partial charge in [0.2, 0.25) is 0 Å². The van der Waals surface area contributed by atoms with Crippen LogP contribution in [-0.4, -0.2) is 27.0 Å². The SMILES string of the molecule is CC(=O)OC(CI)CC(F)(Cl)C(F)(F)Cl. The normalized spacial score (nSPS) is 18.1. The summed E-state index contributed by atoms with van der Waals surface area (Å²) < 4.78 is 42.8. The maximum atomic E-state index is 13.2. The average molecular weight is 379 g/mol. The highest BCUT2D eigenvalue weighted by molar-refractivity contribution is 14.1. The molecule has 0 radical (unpaired) electrons. The minimum atomic E-state index is -4.21. The number of hydrogen-bond acceptors (Lipinski definition) is 2. The molecule has 0 aliphatic carbocycles. The number of ether oxygens (including phenoxy) is 1. The molecule has 2 unspecified atom stereocenters. The zero-order chi connectivity index (χ0) is 12.3.